The van der Waals surface area contributed by atoms with E-state index >= 15 is 0 Å². The summed E-state index contributed by atoms with van der Waals surface area (Å²) in [6, 6.07) is 4.54. The molecule has 2 aromatic heterocycles. The summed E-state index contributed by atoms with van der Waals surface area (Å²) in [5.41, 5.74) is 5.92. The van der Waals surface area contributed by atoms with Gasteiger partial charge in [0.2, 0.25) is 0 Å². The second-order valence-corrected chi connectivity index (χ2v) is 5.61. The van der Waals surface area contributed by atoms with Crippen LogP contribution in [-0.2, 0) is 13.1 Å². The van der Waals surface area contributed by atoms with Crippen LogP contribution in [0.25, 0.3) is 0 Å². The Bertz CT molecular complexity index is 584. The Balaban J connectivity index is 2.21. The largest absolute Gasteiger partial charge is 0.310 e. The van der Waals surface area contributed by atoms with Crippen LogP contribution in [0.1, 0.15) is 42.1 Å². The first-order valence-electron chi connectivity index (χ1n) is 7.15. The topological polar surface area (TPSA) is 42.7 Å². The summed E-state index contributed by atoms with van der Waals surface area (Å²) in [5, 5.41) is 8.12. The van der Waals surface area contributed by atoms with Gasteiger partial charge in [-0.25, -0.2) is 0 Å². The molecule has 1 N–H and O–H groups in total. The first-order chi connectivity index (χ1) is 9.49. The molecule has 0 amide bonds. The number of aryl methyl sites for hydroxylation is 2. The first kappa shape index (κ1) is 14.7. The average molecular weight is 272 g/mol. The molecule has 2 heterocycles. The van der Waals surface area contributed by atoms with Crippen LogP contribution >= 0.6 is 0 Å². The molecule has 0 aliphatic carbocycles. The van der Waals surface area contributed by atoms with Gasteiger partial charge in [0, 0.05) is 30.0 Å². The highest BCUT2D eigenvalue weighted by atomic mass is 15.3. The van der Waals surface area contributed by atoms with Crippen molar-refractivity contribution in [2.45, 2.75) is 53.8 Å². The number of hydrogen-bond acceptors (Lipinski definition) is 3. The molecule has 0 saturated heterocycles. The molecular formula is C16H24N4. The Morgan fingerprint density at radius 3 is 2.65 bits per heavy atom. The molecule has 0 aliphatic rings. The third kappa shape index (κ3) is 3.25. The summed E-state index contributed by atoms with van der Waals surface area (Å²) < 4.78 is 2.06. The highest BCUT2D eigenvalue weighted by molar-refractivity contribution is 5.26. The van der Waals surface area contributed by atoms with Crippen LogP contribution in [0, 0.1) is 20.8 Å². The zero-order chi connectivity index (χ0) is 14.7. The molecule has 2 aromatic rings. The minimum atomic E-state index is 0.482. The molecule has 20 heavy (non-hydrogen) atoms. The Kier molecular flexibility index (Phi) is 4.55. The van der Waals surface area contributed by atoms with E-state index in [2.05, 4.69) is 60.8 Å². The quantitative estimate of drug-likeness (QED) is 0.910. The summed E-state index contributed by atoms with van der Waals surface area (Å²) in [7, 11) is 0. The van der Waals surface area contributed by atoms with Gasteiger partial charge in [0.05, 0.1) is 17.9 Å². The van der Waals surface area contributed by atoms with E-state index in [0.717, 1.165) is 24.5 Å². The molecule has 4 heteroatoms. The molecule has 0 spiro atoms. The fraction of sp³-hybridized carbons (Fsp3) is 0.500. The van der Waals surface area contributed by atoms with E-state index in [1.165, 1.54) is 16.8 Å². The maximum absolute atomic E-state index is 4.66. The number of nitrogens with one attached hydrogen (secondary N) is 1. The lowest BCUT2D eigenvalue weighted by atomic mass is 10.2. The maximum Gasteiger partial charge on any atom is 0.0837 e. The highest BCUT2D eigenvalue weighted by Crippen LogP contribution is 2.15. The van der Waals surface area contributed by atoms with Gasteiger partial charge in [-0.1, -0.05) is 19.9 Å². The smallest absolute Gasteiger partial charge is 0.0837 e. The lowest BCUT2D eigenvalue weighted by molar-refractivity contribution is 0.584. The molecule has 0 radical (unpaired) electrons. The van der Waals surface area contributed by atoms with Crippen LogP contribution in [-0.4, -0.2) is 20.8 Å². The van der Waals surface area contributed by atoms with E-state index in [-0.39, 0.29) is 0 Å². The van der Waals surface area contributed by atoms with Gasteiger partial charge < -0.3 is 5.32 Å². The molecule has 0 aliphatic heterocycles. The van der Waals surface area contributed by atoms with Crippen LogP contribution in [0.5, 0.6) is 0 Å². The summed E-state index contributed by atoms with van der Waals surface area (Å²) in [5.74, 6) is 0. The van der Waals surface area contributed by atoms with Crippen LogP contribution in [0.3, 0.4) is 0 Å². The van der Waals surface area contributed by atoms with Gasteiger partial charge in [-0.15, -0.1) is 0 Å². The van der Waals surface area contributed by atoms with E-state index in [1.54, 1.807) is 0 Å². The Hall–Kier alpha value is -1.68. The molecule has 108 valence electrons. The normalized spacial score (nSPS) is 11.3. The van der Waals surface area contributed by atoms with Gasteiger partial charge in [-0.05, 0) is 32.4 Å². The van der Waals surface area contributed by atoms with Crippen LogP contribution in [0.15, 0.2) is 18.3 Å². The third-order valence-electron chi connectivity index (χ3n) is 3.64. The SMILES string of the molecule is Cc1cccnc1Cn1nc(C)c(CNC(C)C)c1C. The number of rotatable bonds is 5. The van der Waals surface area contributed by atoms with Crippen LogP contribution in [0.2, 0.25) is 0 Å². The monoisotopic (exact) mass is 272 g/mol. The van der Waals surface area contributed by atoms with Crippen molar-refractivity contribution in [3.63, 3.8) is 0 Å². The van der Waals surface area contributed by atoms with Gasteiger partial charge in [-0.3, -0.25) is 9.67 Å². The molecule has 2 rings (SSSR count). The van der Waals surface area contributed by atoms with E-state index < -0.39 is 0 Å². The van der Waals surface area contributed by atoms with Gasteiger partial charge >= 0.3 is 0 Å². The molecule has 0 fully saturated rings. The first-order valence-corrected chi connectivity index (χ1v) is 7.15. The molecule has 0 saturated carbocycles. The number of hydrogen-bond donors (Lipinski definition) is 1. The van der Waals surface area contributed by atoms with Gasteiger partial charge in [0.15, 0.2) is 0 Å². The average Bonchev–Trinajstić information content (AvgIpc) is 2.65. The van der Waals surface area contributed by atoms with Gasteiger partial charge in [0.1, 0.15) is 0 Å². The summed E-state index contributed by atoms with van der Waals surface area (Å²) >= 11 is 0. The molecule has 0 unspecified atom stereocenters. The van der Waals surface area contributed by atoms with Gasteiger partial charge in [0.25, 0.3) is 0 Å². The zero-order valence-corrected chi connectivity index (χ0v) is 13.1. The predicted molar refractivity (Wildman–Crippen MR) is 81.8 cm³/mol. The lowest BCUT2D eigenvalue weighted by Crippen LogP contribution is -2.22. The number of pyridine rings is 1. The second kappa shape index (κ2) is 6.18. The third-order valence-corrected chi connectivity index (χ3v) is 3.64. The molecule has 0 bridgehead atoms. The van der Waals surface area contributed by atoms with Crippen molar-refractivity contribution in [2.75, 3.05) is 0 Å². The lowest BCUT2D eigenvalue weighted by Gasteiger charge is -2.09. The molecule has 0 aromatic carbocycles. The fourth-order valence-corrected chi connectivity index (χ4v) is 2.28. The van der Waals surface area contributed by atoms with Crippen molar-refractivity contribution in [3.8, 4) is 0 Å². The second-order valence-electron chi connectivity index (χ2n) is 5.61. The summed E-state index contributed by atoms with van der Waals surface area (Å²) in [6.45, 7) is 12.2. The van der Waals surface area contributed by atoms with E-state index in [9.17, 15) is 0 Å². The van der Waals surface area contributed by atoms with Crippen molar-refractivity contribution >= 4 is 0 Å². The number of aromatic nitrogens is 3. The van der Waals surface area contributed by atoms with E-state index in [4.69, 9.17) is 0 Å². The Morgan fingerprint density at radius 2 is 2.00 bits per heavy atom. The summed E-state index contributed by atoms with van der Waals surface area (Å²) in [4.78, 5) is 4.45. The van der Waals surface area contributed by atoms with Gasteiger partial charge in [-0.2, -0.15) is 5.10 Å². The van der Waals surface area contributed by atoms with Crippen molar-refractivity contribution in [2.24, 2.45) is 0 Å². The Labute approximate surface area is 121 Å². The van der Waals surface area contributed by atoms with Crippen molar-refractivity contribution in [3.05, 3.63) is 46.5 Å². The van der Waals surface area contributed by atoms with Crippen molar-refractivity contribution in [1.82, 2.24) is 20.1 Å². The molecule has 0 atom stereocenters. The van der Waals surface area contributed by atoms with Crippen LogP contribution < -0.4 is 5.32 Å². The maximum atomic E-state index is 4.66. The molecule has 4 nitrogen and oxygen atoms in total. The fourth-order valence-electron chi connectivity index (χ4n) is 2.28. The number of nitrogens with zero attached hydrogens (tertiary/aromatic N) is 3. The predicted octanol–water partition coefficient (Wildman–Crippen LogP) is 2.75. The Morgan fingerprint density at radius 1 is 1.25 bits per heavy atom. The van der Waals surface area contributed by atoms with Crippen molar-refractivity contribution < 1.29 is 0 Å². The minimum absolute atomic E-state index is 0.482. The van der Waals surface area contributed by atoms with Crippen LogP contribution in [0.4, 0.5) is 0 Å². The van der Waals surface area contributed by atoms with E-state index in [1.807, 2.05) is 12.3 Å². The standard InChI is InChI=1S/C16H24N4/c1-11(2)18-9-15-13(4)19-20(14(15)5)10-16-12(3)7-6-8-17-16/h6-8,11,18H,9-10H2,1-5H3. The minimum Gasteiger partial charge on any atom is -0.310 e. The highest BCUT2D eigenvalue weighted by Gasteiger charge is 2.12. The van der Waals surface area contributed by atoms with Crippen molar-refractivity contribution in [1.29, 1.82) is 0 Å². The zero-order valence-electron chi connectivity index (χ0n) is 13.1. The summed E-state index contributed by atoms with van der Waals surface area (Å²) in [6.07, 6.45) is 1.84. The van der Waals surface area contributed by atoms with E-state index in [0.29, 0.717) is 6.04 Å². The molecular weight excluding hydrogens is 248 g/mol.